The SMILES string of the molecule is O/N=C/c1ccc(-c2ncc(-c3ccccc3)o2)cc1. The summed E-state index contributed by atoms with van der Waals surface area (Å²) in [6, 6.07) is 17.2. The monoisotopic (exact) mass is 264 g/mol. The van der Waals surface area contributed by atoms with Crippen molar-refractivity contribution in [1.29, 1.82) is 0 Å². The third kappa shape index (κ3) is 2.44. The van der Waals surface area contributed by atoms with Crippen LogP contribution in [0, 0.1) is 0 Å². The molecule has 0 aliphatic carbocycles. The summed E-state index contributed by atoms with van der Waals surface area (Å²) in [5.74, 6) is 1.30. The van der Waals surface area contributed by atoms with Gasteiger partial charge in [-0.25, -0.2) is 4.98 Å². The highest BCUT2D eigenvalue weighted by Gasteiger charge is 2.07. The minimum absolute atomic E-state index is 0.566. The van der Waals surface area contributed by atoms with Crippen molar-refractivity contribution in [3.05, 3.63) is 66.4 Å². The van der Waals surface area contributed by atoms with Gasteiger partial charge < -0.3 is 9.62 Å². The second-order valence-electron chi connectivity index (χ2n) is 4.26. The maximum atomic E-state index is 8.47. The Bertz CT molecular complexity index is 716. The van der Waals surface area contributed by atoms with Gasteiger partial charge in [0.1, 0.15) is 0 Å². The smallest absolute Gasteiger partial charge is 0.226 e. The lowest BCUT2D eigenvalue weighted by Crippen LogP contribution is -1.82. The van der Waals surface area contributed by atoms with Gasteiger partial charge in [-0.2, -0.15) is 0 Å². The largest absolute Gasteiger partial charge is 0.436 e. The molecule has 98 valence electrons. The van der Waals surface area contributed by atoms with Gasteiger partial charge in [0.15, 0.2) is 5.76 Å². The summed E-state index contributed by atoms with van der Waals surface area (Å²) in [6.45, 7) is 0. The number of oxime groups is 1. The molecule has 0 atom stereocenters. The van der Waals surface area contributed by atoms with E-state index in [-0.39, 0.29) is 0 Å². The molecule has 1 aromatic heterocycles. The normalized spacial score (nSPS) is 11.0. The van der Waals surface area contributed by atoms with Gasteiger partial charge in [0, 0.05) is 11.1 Å². The molecule has 0 bridgehead atoms. The van der Waals surface area contributed by atoms with E-state index >= 15 is 0 Å². The van der Waals surface area contributed by atoms with Crippen molar-refractivity contribution >= 4 is 6.21 Å². The van der Waals surface area contributed by atoms with Crippen LogP contribution in [0.2, 0.25) is 0 Å². The van der Waals surface area contributed by atoms with Gasteiger partial charge in [-0.1, -0.05) is 47.6 Å². The molecule has 0 amide bonds. The topological polar surface area (TPSA) is 58.6 Å². The van der Waals surface area contributed by atoms with Gasteiger partial charge in [-0.3, -0.25) is 0 Å². The number of rotatable bonds is 3. The number of nitrogens with zero attached hydrogens (tertiary/aromatic N) is 2. The quantitative estimate of drug-likeness (QED) is 0.444. The summed E-state index contributed by atoms with van der Waals surface area (Å²) in [5.41, 5.74) is 2.68. The predicted molar refractivity (Wildman–Crippen MR) is 76.8 cm³/mol. The standard InChI is InChI=1S/C16H12N2O2/c19-18-10-12-6-8-14(9-7-12)16-17-11-15(20-16)13-4-2-1-3-5-13/h1-11,19H/b18-10+. The average molecular weight is 264 g/mol. The minimum Gasteiger partial charge on any atom is -0.436 e. The summed E-state index contributed by atoms with van der Waals surface area (Å²) in [5, 5.41) is 11.5. The van der Waals surface area contributed by atoms with Crippen molar-refractivity contribution in [2.24, 2.45) is 5.16 Å². The van der Waals surface area contributed by atoms with Crippen LogP contribution in [-0.4, -0.2) is 16.4 Å². The van der Waals surface area contributed by atoms with Gasteiger partial charge in [0.05, 0.1) is 12.4 Å². The summed E-state index contributed by atoms with van der Waals surface area (Å²) >= 11 is 0. The van der Waals surface area contributed by atoms with E-state index < -0.39 is 0 Å². The molecule has 4 nitrogen and oxygen atoms in total. The van der Waals surface area contributed by atoms with E-state index in [2.05, 4.69) is 10.1 Å². The third-order valence-corrected chi connectivity index (χ3v) is 2.93. The first-order valence-corrected chi connectivity index (χ1v) is 6.16. The molecule has 1 N–H and O–H groups in total. The van der Waals surface area contributed by atoms with Gasteiger partial charge in [-0.05, 0) is 17.7 Å². The lowest BCUT2D eigenvalue weighted by molar-refractivity contribution is 0.322. The molecular formula is C16H12N2O2. The zero-order chi connectivity index (χ0) is 13.8. The first kappa shape index (κ1) is 12.2. The second-order valence-corrected chi connectivity index (χ2v) is 4.26. The number of hydrogen-bond acceptors (Lipinski definition) is 4. The Labute approximate surface area is 116 Å². The van der Waals surface area contributed by atoms with Crippen LogP contribution in [0.5, 0.6) is 0 Å². The van der Waals surface area contributed by atoms with Crippen LogP contribution in [0.4, 0.5) is 0 Å². The van der Waals surface area contributed by atoms with Crippen LogP contribution >= 0.6 is 0 Å². The van der Waals surface area contributed by atoms with Crippen LogP contribution in [-0.2, 0) is 0 Å². The Morgan fingerprint density at radius 3 is 2.40 bits per heavy atom. The fourth-order valence-electron chi connectivity index (χ4n) is 1.92. The van der Waals surface area contributed by atoms with Gasteiger partial charge in [0.2, 0.25) is 5.89 Å². The van der Waals surface area contributed by atoms with E-state index in [0.717, 1.165) is 22.5 Å². The predicted octanol–water partition coefficient (Wildman–Crippen LogP) is 3.82. The zero-order valence-electron chi connectivity index (χ0n) is 10.6. The maximum Gasteiger partial charge on any atom is 0.226 e. The summed E-state index contributed by atoms with van der Waals surface area (Å²) in [7, 11) is 0. The van der Waals surface area contributed by atoms with Crippen LogP contribution < -0.4 is 0 Å². The Hall–Kier alpha value is -2.88. The Kier molecular flexibility index (Phi) is 3.29. The third-order valence-electron chi connectivity index (χ3n) is 2.93. The molecule has 0 saturated carbocycles. The molecule has 3 aromatic rings. The molecule has 0 saturated heterocycles. The molecule has 0 aliphatic rings. The Balaban J connectivity index is 1.90. The average Bonchev–Trinajstić information content (AvgIpc) is 2.99. The molecule has 3 rings (SSSR count). The van der Waals surface area contributed by atoms with E-state index in [4.69, 9.17) is 9.62 Å². The summed E-state index contributed by atoms with van der Waals surface area (Å²) < 4.78 is 5.76. The van der Waals surface area contributed by atoms with Crippen LogP contribution in [0.25, 0.3) is 22.8 Å². The highest BCUT2D eigenvalue weighted by molar-refractivity contribution is 5.80. The van der Waals surface area contributed by atoms with Crippen molar-refractivity contribution in [2.75, 3.05) is 0 Å². The fraction of sp³-hybridized carbons (Fsp3) is 0. The van der Waals surface area contributed by atoms with E-state index in [1.165, 1.54) is 6.21 Å². The highest BCUT2D eigenvalue weighted by Crippen LogP contribution is 2.25. The molecule has 20 heavy (non-hydrogen) atoms. The fourth-order valence-corrected chi connectivity index (χ4v) is 1.92. The van der Waals surface area contributed by atoms with Gasteiger partial charge >= 0.3 is 0 Å². The molecule has 0 unspecified atom stereocenters. The van der Waals surface area contributed by atoms with Gasteiger partial charge in [0.25, 0.3) is 0 Å². The highest BCUT2D eigenvalue weighted by atomic mass is 16.4. The minimum atomic E-state index is 0.566. The molecule has 0 aliphatic heterocycles. The molecule has 0 radical (unpaired) electrons. The maximum absolute atomic E-state index is 8.47. The molecule has 2 aromatic carbocycles. The van der Waals surface area contributed by atoms with Crippen molar-refractivity contribution in [2.45, 2.75) is 0 Å². The summed E-state index contributed by atoms with van der Waals surface area (Å²) in [6.07, 6.45) is 3.09. The van der Waals surface area contributed by atoms with Crippen LogP contribution in [0.15, 0.2) is 70.4 Å². The van der Waals surface area contributed by atoms with Crippen LogP contribution in [0.3, 0.4) is 0 Å². The van der Waals surface area contributed by atoms with Crippen molar-refractivity contribution in [3.8, 4) is 22.8 Å². The molecule has 1 heterocycles. The number of aromatic nitrogens is 1. The second kappa shape index (κ2) is 5.40. The lowest BCUT2D eigenvalue weighted by Gasteiger charge is -1.97. The molecule has 0 spiro atoms. The van der Waals surface area contributed by atoms with E-state index in [0.29, 0.717) is 5.89 Å². The number of benzene rings is 2. The van der Waals surface area contributed by atoms with E-state index in [1.54, 1.807) is 6.20 Å². The Morgan fingerprint density at radius 2 is 1.70 bits per heavy atom. The van der Waals surface area contributed by atoms with Crippen molar-refractivity contribution in [1.82, 2.24) is 4.98 Å². The first-order valence-electron chi connectivity index (χ1n) is 6.16. The molecule has 0 fully saturated rings. The van der Waals surface area contributed by atoms with Crippen molar-refractivity contribution < 1.29 is 9.62 Å². The van der Waals surface area contributed by atoms with Crippen LogP contribution in [0.1, 0.15) is 5.56 Å². The summed E-state index contributed by atoms with van der Waals surface area (Å²) in [4.78, 5) is 4.29. The van der Waals surface area contributed by atoms with E-state index in [1.807, 2.05) is 54.6 Å². The molecular weight excluding hydrogens is 252 g/mol. The molecule has 4 heteroatoms. The Morgan fingerprint density at radius 1 is 0.950 bits per heavy atom. The van der Waals surface area contributed by atoms with E-state index in [9.17, 15) is 0 Å². The number of oxazole rings is 1. The zero-order valence-corrected chi connectivity index (χ0v) is 10.6. The lowest BCUT2D eigenvalue weighted by atomic mass is 10.1. The van der Waals surface area contributed by atoms with Gasteiger partial charge in [-0.15, -0.1) is 0 Å². The van der Waals surface area contributed by atoms with Crippen molar-refractivity contribution in [3.63, 3.8) is 0 Å². The first-order chi connectivity index (χ1) is 9.86. The number of hydrogen-bond donors (Lipinski definition) is 1.